The molecule has 2 N–H and O–H groups in total. The van der Waals surface area contributed by atoms with Crippen molar-refractivity contribution in [3.8, 4) is 5.75 Å². The molecule has 1 aliphatic heterocycles. The molecule has 0 aromatic heterocycles. The number of carbonyl (C=O) groups is 3. The maximum absolute atomic E-state index is 12.9. The fourth-order valence-corrected chi connectivity index (χ4v) is 3.63. The summed E-state index contributed by atoms with van der Waals surface area (Å²) in [5.74, 6) is -0.0505. The maximum Gasteiger partial charge on any atom is 0.257 e. The summed E-state index contributed by atoms with van der Waals surface area (Å²) in [5, 5.41) is 6.15. The molecule has 2 aromatic carbocycles. The summed E-state index contributed by atoms with van der Waals surface area (Å²) in [4.78, 5) is 38.4. The summed E-state index contributed by atoms with van der Waals surface area (Å²) >= 11 is 6.04. The highest BCUT2D eigenvalue weighted by Gasteiger charge is 2.26. The molecule has 0 unspecified atom stereocenters. The maximum atomic E-state index is 12.9. The number of nitrogens with one attached hydrogen (secondary N) is 2. The van der Waals surface area contributed by atoms with E-state index in [0.29, 0.717) is 53.5 Å². The topological polar surface area (TPSA) is 87.7 Å². The van der Waals surface area contributed by atoms with E-state index in [1.54, 1.807) is 47.4 Å². The number of carbonyl (C=O) groups excluding carboxylic acids is 3. The van der Waals surface area contributed by atoms with E-state index >= 15 is 0 Å². The van der Waals surface area contributed by atoms with Crippen LogP contribution in [-0.4, -0.2) is 48.9 Å². The first-order chi connectivity index (χ1) is 14.4. The Morgan fingerprint density at radius 1 is 1.10 bits per heavy atom. The minimum atomic E-state index is -0.205. The molecule has 1 heterocycles. The Hall–Kier alpha value is -3.06. The number of amides is 3. The van der Waals surface area contributed by atoms with Gasteiger partial charge in [-0.05, 0) is 49.2 Å². The highest BCUT2D eigenvalue weighted by atomic mass is 35.5. The zero-order chi connectivity index (χ0) is 21.7. The quantitative estimate of drug-likeness (QED) is 0.763. The van der Waals surface area contributed by atoms with Gasteiger partial charge in [-0.2, -0.15) is 0 Å². The predicted octanol–water partition coefficient (Wildman–Crippen LogP) is 3.34. The van der Waals surface area contributed by atoms with Gasteiger partial charge in [0.1, 0.15) is 5.75 Å². The summed E-state index contributed by atoms with van der Waals surface area (Å²) in [6.45, 7) is 2.46. The lowest BCUT2D eigenvalue weighted by atomic mass is 10.0. The highest BCUT2D eigenvalue weighted by molar-refractivity contribution is 6.31. The Bertz CT molecular complexity index is 955. The normalized spacial score (nSPS) is 14.2. The number of piperidine rings is 1. The number of nitrogens with zero attached hydrogens (tertiary/aromatic N) is 1. The van der Waals surface area contributed by atoms with Crippen LogP contribution in [0.3, 0.4) is 0 Å². The molecule has 30 heavy (non-hydrogen) atoms. The Labute approximate surface area is 180 Å². The number of rotatable bonds is 5. The predicted molar refractivity (Wildman–Crippen MR) is 115 cm³/mol. The van der Waals surface area contributed by atoms with Crippen molar-refractivity contribution >= 4 is 35.0 Å². The van der Waals surface area contributed by atoms with Crippen LogP contribution in [0.2, 0.25) is 5.02 Å². The average molecular weight is 430 g/mol. The van der Waals surface area contributed by atoms with Crippen LogP contribution in [0.25, 0.3) is 0 Å². The van der Waals surface area contributed by atoms with E-state index < -0.39 is 0 Å². The van der Waals surface area contributed by atoms with Gasteiger partial charge in [0, 0.05) is 42.3 Å². The van der Waals surface area contributed by atoms with E-state index in [-0.39, 0.29) is 23.8 Å². The van der Waals surface area contributed by atoms with Crippen LogP contribution in [0, 0.1) is 0 Å². The van der Waals surface area contributed by atoms with Crippen molar-refractivity contribution in [1.82, 2.24) is 10.2 Å². The molecule has 3 rings (SSSR count). The number of hydrogen-bond acceptors (Lipinski definition) is 4. The van der Waals surface area contributed by atoms with Crippen molar-refractivity contribution in [2.75, 3.05) is 25.5 Å². The number of ether oxygens (including phenoxy) is 1. The van der Waals surface area contributed by atoms with Crippen LogP contribution < -0.4 is 15.4 Å². The molecule has 1 fully saturated rings. The van der Waals surface area contributed by atoms with Crippen molar-refractivity contribution < 1.29 is 19.1 Å². The molecule has 0 bridgehead atoms. The van der Waals surface area contributed by atoms with Crippen molar-refractivity contribution in [3.05, 3.63) is 58.6 Å². The van der Waals surface area contributed by atoms with Gasteiger partial charge < -0.3 is 20.3 Å². The van der Waals surface area contributed by atoms with Gasteiger partial charge in [-0.15, -0.1) is 0 Å². The van der Waals surface area contributed by atoms with Crippen LogP contribution in [0.15, 0.2) is 42.5 Å². The standard InChI is InChI=1S/C22H24ClN3O4/c1-14(27)24-18-5-3-4-15(12-18)21(28)25-17-8-10-26(11-9-17)22(29)19-13-16(23)6-7-20(19)30-2/h3-7,12-13,17H,8-11H2,1-2H3,(H,24,27)(H,25,28). The Morgan fingerprint density at radius 2 is 1.83 bits per heavy atom. The van der Waals surface area contributed by atoms with Gasteiger partial charge in [-0.3, -0.25) is 14.4 Å². The first-order valence-electron chi connectivity index (χ1n) is 9.68. The SMILES string of the molecule is COc1ccc(Cl)cc1C(=O)N1CCC(NC(=O)c2cccc(NC(C)=O)c2)CC1. The third-order valence-corrected chi connectivity index (χ3v) is 5.19. The smallest absolute Gasteiger partial charge is 0.257 e. The first kappa shape index (κ1) is 21.6. The number of likely N-dealkylation sites (tertiary alicyclic amines) is 1. The highest BCUT2D eigenvalue weighted by Crippen LogP contribution is 2.25. The van der Waals surface area contributed by atoms with E-state index in [9.17, 15) is 14.4 Å². The van der Waals surface area contributed by atoms with Crippen LogP contribution in [-0.2, 0) is 4.79 Å². The second kappa shape index (κ2) is 9.63. The molecule has 0 aliphatic carbocycles. The Morgan fingerprint density at radius 3 is 2.50 bits per heavy atom. The fourth-order valence-electron chi connectivity index (χ4n) is 3.45. The number of benzene rings is 2. The van der Waals surface area contributed by atoms with Crippen LogP contribution in [0.1, 0.15) is 40.5 Å². The molecule has 0 spiro atoms. The lowest BCUT2D eigenvalue weighted by molar-refractivity contribution is -0.114. The van der Waals surface area contributed by atoms with Gasteiger partial charge >= 0.3 is 0 Å². The van der Waals surface area contributed by atoms with Crippen molar-refractivity contribution in [2.24, 2.45) is 0 Å². The molecular formula is C22H24ClN3O4. The molecule has 3 amide bonds. The second-order valence-electron chi connectivity index (χ2n) is 7.15. The van der Waals surface area contributed by atoms with Gasteiger partial charge in [-0.25, -0.2) is 0 Å². The molecule has 0 radical (unpaired) electrons. The van der Waals surface area contributed by atoms with Crippen molar-refractivity contribution in [1.29, 1.82) is 0 Å². The molecule has 1 saturated heterocycles. The summed E-state index contributed by atoms with van der Waals surface area (Å²) < 4.78 is 5.28. The zero-order valence-corrected chi connectivity index (χ0v) is 17.7. The molecule has 0 atom stereocenters. The second-order valence-corrected chi connectivity index (χ2v) is 7.58. The van der Waals surface area contributed by atoms with Gasteiger partial charge in [0.2, 0.25) is 5.91 Å². The molecule has 1 aliphatic rings. The molecule has 8 heteroatoms. The van der Waals surface area contributed by atoms with Crippen molar-refractivity contribution in [2.45, 2.75) is 25.8 Å². The van der Waals surface area contributed by atoms with E-state index in [0.717, 1.165) is 0 Å². The minimum Gasteiger partial charge on any atom is -0.496 e. The van der Waals surface area contributed by atoms with Gasteiger partial charge in [-0.1, -0.05) is 17.7 Å². The first-order valence-corrected chi connectivity index (χ1v) is 10.1. The zero-order valence-electron chi connectivity index (χ0n) is 16.9. The van der Waals surface area contributed by atoms with E-state index in [2.05, 4.69) is 10.6 Å². The summed E-state index contributed by atoms with van der Waals surface area (Å²) in [7, 11) is 1.52. The lowest BCUT2D eigenvalue weighted by Crippen LogP contribution is -2.46. The summed E-state index contributed by atoms with van der Waals surface area (Å²) in [6, 6.07) is 11.7. The third kappa shape index (κ3) is 5.30. The summed E-state index contributed by atoms with van der Waals surface area (Å²) in [6.07, 6.45) is 1.29. The number of hydrogen-bond donors (Lipinski definition) is 2. The molecule has 2 aromatic rings. The minimum absolute atomic E-state index is 0.0350. The van der Waals surface area contributed by atoms with Gasteiger partial charge in [0.05, 0.1) is 12.7 Å². The summed E-state index contributed by atoms with van der Waals surface area (Å²) in [5.41, 5.74) is 1.48. The van der Waals surface area contributed by atoms with Gasteiger partial charge in [0.25, 0.3) is 11.8 Å². The Kier molecular flexibility index (Phi) is 6.95. The number of anilines is 1. The lowest BCUT2D eigenvalue weighted by Gasteiger charge is -2.32. The molecule has 7 nitrogen and oxygen atoms in total. The van der Waals surface area contributed by atoms with Crippen molar-refractivity contribution in [3.63, 3.8) is 0 Å². The molecular weight excluding hydrogens is 406 g/mol. The van der Waals surface area contributed by atoms with E-state index in [1.165, 1.54) is 14.0 Å². The third-order valence-electron chi connectivity index (χ3n) is 4.95. The van der Waals surface area contributed by atoms with Crippen LogP contribution in [0.4, 0.5) is 5.69 Å². The number of halogens is 1. The largest absolute Gasteiger partial charge is 0.496 e. The number of methoxy groups -OCH3 is 1. The Balaban J connectivity index is 1.58. The molecule has 158 valence electrons. The van der Waals surface area contributed by atoms with E-state index in [1.807, 2.05) is 0 Å². The monoisotopic (exact) mass is 429 g/mol. The fraction of sp³-hybridized carbons (Fsp3) is 0.318. The van der Waals surface area contributed by atoms with Gasteiger partial charge in [0.15, 0.2) is 0 Å². The van der Waals surface area contributed by atoms with E-state index in [4.69, 9.17) is 16.3 Å². The molecule has 0 saturated carbocycles. The van der Waals surface area contributed by atoms with Crippen LogP contribution >= 0.6 is 11.6 Å². The van der Waals surface area contributed by atoms with Crippen LogP contribution in [0.5, 0.6) is 5.75 Å². The average Bonchev–Trinajstić information content (AvgIpc) is 2.73.